The molecule has 0 fully saturated rings. The fourth-order valence-electron chi connectivity index (χ4n) is 1.20. The Bertz CT molecular complexity index is 789. The van der Waals surface area contributed by atoms with Crippen LogP contribution in [0.5, 0.6) is 0 Å². The molecule has 6 nitrogen and oxygen atoms in total. The normalized spacial score (nSPS) is 14.5. The molecule has 0 saturated heterocycles. The highest BCUT2D eigenvalue weighted by atomic mass is 32.2. The number of halogens is 6. The molecule has 0 aromatic carbocycles. The molecule has 0 radical (unpaired) electrons. The number of aryl methyl sites for hydroxylation is 1. The van der Waals surface area contributed by atoms with Crippen molar-refractivity contribution in [3.63, 3.8) is 0 Å². The molecule has 0 N–H and O–H groups in total. The molecule has 0 saturated carbocycles. The van der Waals surface area contributed by atoms with E-state index in [1.165, 1.54) is 0 Å². The molecule has 0 aliphatic rings. The number of hydrogen-bond acceptors (Lipinski definition) is 4. The van der Waals surface area contributed by atoms with Crippen LogP contribution in [0.3, 0.4) is 0 Å². The third-order valence-corrected chi connectivity index (χ3v) is 4.97. The summed E-state index contributed by atoms with van der Waals surface area (Å²) < 4.78 is 118. The van der Waals surface area contributed by atoms with Crippen molar-refractivity contribution >= 4 is 25.9 Å². The van der Waals surface area contributed by atoms with Gasteiger partial charge in [-0.15, -0.1) is 0 Å². The second kappa shape index (κ2) is 6.14. The van der Waals surface area contributed by atoms with E-state index in [1.54, 1.807) is 0 Å². The van der Waals surface area contributed by atoms with Crippen molar-refractivity contribution in [1.29, 1.82) is 0 Å². The van der Waals surface area contributed by atoms with E-state index in [2.05, 4.69) is 0 Å². The Morgan fingerprint density at radius 3 is 2.04 bits per heavy atom. The molecule has 14 heteroatoms. The largest absolute Gasteiger partial charge is 0.501 e. The lowest BCUT2D eigenvalue weighted by Crippen LogP contribution is -2.38. The maximum atomic E-state index is 12.1. The Balaban J connectivity index is 2.81. The Hall–Kier alpha value is -1.57. The van der Waals surface area contributed by atoms with E-state index in [9.17, 15) is 43.2 Å². The van der Waals surface area contributed by atoms with Gasteiger partial charge >= 0.3 is 11.0 Å². The van der Waals surface area contributed by atoms with Crippen LogP contribution < -0.4 is 4.57 Å². The number of nitrogens with zero attached hydrogens (tertiary/aromatic N) is 2. The minimum atomic E-state index is -5.50. The van der Waals surface area contributed by atoms with Gasteiger partial charge in [-0.2, -0.15) is 26.3 Å². The second-order valence-electron chi connectivity index (χ2n) is 4.14. The minimum Gasteiger partial charge on any atom is -0.235 e. The van der Waals surface area contributed by atoms with Gasteiger partial charge in [0.1, 0.15) is 25.1 Å². The zero-order valence-electron chi connectivity index (χ0n) is 10.9. The lowest BCUT2D eigenvalue weighted by molar-refractivity contribution is -0.691. The van der Waals surface area contributed by atoms with Gasteiger partial charge in [-0.1, -0.05) is 0 Å². The van der Waals surface area contributed by atoms with E-state index in [0.717, 1.165) is 27.9 Å². The summed E-state index contributed by atoms with van der Waals surface area (Å²) in [5, 5.41) is -0.135. The topological polar surface area (TPSA) is 77.1 Å². The summed E-state index contributed by atoms with van der Waals surface area (Å²) in [6.07, 6.45) is 3.53. The summed E-state index contributed by atoms with van der Waals surface area (Å²) in [4.78, 5) is 0. The Kier molecular flexibility index (Phi) is 5.20. The number of hydrogen-bond donors (Lipinski definition) is 0. The first kappa shape index (κ1) is 19.5. The van der Waals surface area contributed by atoms with Gasteiger partial charge in [0.25, 0.3) is 19.7 Å². The van der Waals surface area contributed by atoms with Gasteiger partial charge in [-0.25, -0.2) is 26.0 Å². The Morgan fingerprint density at radius 1 is 1.00 bits per heavy atom. The van der Waals surface area contributed by atoms with Crippen LogP contribution in [0.15, 0.2) is 24.1 Å². The third-order valence-electron chi connectivity index (χ3n) is 2.42. The first-order chi connectivity index (χ1) is 10.2. The number of imidazole rings is 1. The molecule has 0 unspecified atom stereocenters. The smallest absolute Gasteiger partial charge is 0.235 e. The Morgan fingerprint density at radius 2 is 1.57 bits per heavy atom. The first-order valence-corrected chi connectivity index (χ1v) is 8.71. The molecule has 23 heavy (non-hydrogen) atoms. The van der Waals surface area contributed by atoms with E-state index in [-0.39, 0.29) is 5.41 Å². The van der Waals surface area contributed by atoms with E-state index >= 15 is 0 Å². The summed E-state index contributed by atoms with van der Waals surface area (Å²) >= 11 is 0. The van der Waals surface area contributed by atoms with Gasteiger partial charge in [-0.3, -0.25) is 0 Å². The van der Waals surface area contributed by atoms with Crippen LogP contribution in [0.4, 0.5) is 26.3 Å². The minimum absolute atomic E-state index is 0.135. The van der Waals surface area contributed by atoms with Crippen molar-refractivity contribution in [2.24, 2.45) is 0 Å². The molecule has 1 aromatic rings. The monoisotopic (exact) mass is 387 g/mol. The van der Waals surface area contributed by atoms with Crippen molar-refractivity contribution in [3.8, 4) is 0 Å². The fraction of sp³-hybridized carbons (Fsp3) is 0.444. The van der Waals surface area contributed by atoms with Crippen LogP contribution in [-0.4, -0.2) is 38.2 Å². The first-order valence-electron chi connectivity index (χ1n) is 5.51. The SMILES string of the molecule is O=S(=O)(C=Cn1cc[n+](CCS(=O)(=O)C(F)(F)F)c1)C(F)(F)F. The second-order valence-corrected chi connectivity index (χ2v) is 8.06. The quantitative estimate of drug-likeness (QED) is 0.560. The van der Waals surface area contributed by atoms with E-state index in [4.69, 9.17) is 0 Å². The molecular weight excluding hydrogens is 378 g/mol. The highest BCUT2D eigenvalue weighted by Crippen LogP contribution is 2.25. The van der Waals surface area contributed by atoms with Crippen LogP contribution in [0.2, 0.25) is 0 Å². The molecule has 1 heterocycles. The average molecular weight is 387 g/mol. The summed E-state index contributed by atoms with van der Waals surface area (Å²) in [6, 6.07) is 0. The maximum absolute atomic E-state index is 12.1. The molecule has 132 valence electrons. The predicted octanol–water partition coefficient (Wildman–Crippen LogP) is 1.07. The van der Waals surface area contributed by atoms with Crippen molar-refractivity contribution in [2.45, 2.75) is 17.6 Å². The summed E-state index contributed by atoms with van der Waals surface area (Å²) in [5.74, 6) is -1.27. The molecule has 0 bridgehead atoms. The average Bonchev–Trinajstić information content (AvgIpc) is 2.79. The van der Waals surface area contributed by atoms with Gasteiger partial charge in [-0.05, 0) is 0 Å². The highest BCUT2D eigenvalue weighted by Gasteiger charge is 2.45. The molecule has 0 aliphatic carbocycles. The van der Waals surface area contributed by atoms with Gasteiger partial charge in [0.2, 0.25) is 6.33 Å². The molecule has 1 aromatic heterocycles. The predicted molar refractivity (Wildman–Crippen MR) is 64.8 cm³/mol. The van der Waals surface area contributed by atoms with Crippen LogP contribution >= 0.6 is 0 Å². The standard InChI is InChI=1S/C9H9F6N2O4S2/c10-8(11,12)22(18,19)5-3-16-1-2-17(7-16)4-6-23(20,21)9(13,14)15/h1-3,5,7H,4,6H2/q+1. The molecule has 1 rings (SSSR count). The molecular formula is C9H9F6N2O4S2+. The summed E-state index contributed by atoms with van der Waals surface area (Å²) in [6.45, 7) is -0.616. The van der Waals surface area contributed by atoms with E-state index in [0.29, 0.717) is 6.20 Å². The van der Waals surface area contributed by atoms with Gasteiger partial charge < -0.3 is 0 Å². The van der Waals surface area contributed by atoms with Crippen molar-refractivity contribution in [3.05, 3.63) is 24.1 Å². The number of rotatable bonds is 5. The van der Waals surface area contributed by atoms with Crippen LogP contribution in [0.1, 0.15) is 0 Å². The zero-order chi connectivity index (χ0) is 18.1. The zero-order valence-corrected chi connectivity index (χ0v) is 12.5. The van der Waals surface area contributed by atoms with Gasteiger partial charge in [0, 0.05) is 0 Å². The number of alkyl halides is 6. The van der Waals surface area contributed by atoms with E-state index < -0.39 is 43.0 Å². The van der Waals surface area contributed by atoms with Crippen LogP contribution in [-0.2, 0) is 26.2 Å². The number of aromatic nitrogens is 2. The fourth-order valence-corrected chi connectivity index (χ4v) is 2.34. The van der Waals surface area contributed by atoms with E-state index in [1.807, 2.05) is 0 Å². The summed E-state index contributed by atoms with van der Waals surface area (Å²) in [5.41, 5.74) is -10.9. The van der Waals surface area contributed by atoms with Gasteiger partial charge in [0.15, 0.2) is 0 Å². The molecule has 0 aliphatic heterocycles. The van der Waals surface area contributed by atoms with Crippen LogP contribution in [0, 0.1) is 0 Å². The molecule has 0 amide bonds. The highest BCUT2D eigenvalue weighted by molar-refractivity contribution is 7.95. The molecule has 0 atom stereocenters. The Labute approximate surface area is 126 Å². The lowest BCUT2D eigenvalue weighted by Gasteiger charge is -2.05. The summed E-state index contributed by atoms with van der Waals surface area (Å²) in [7, 11) is -10.8. The van der Waals surface area contributed by atoms with Crippen molar-refractivity contribution in [1.82, 2.24) is 4.57 Å². The van der Waals surface area contributed by atoms with Gasteiger partial charge in [0.05, 0.1) is 11.2 Å². The van der Waals surface area contributed by atoms with Crippen LogP contribution in [0.25, 0.3) is 6.20 Å². The lowest BCUT2D eigenvalue weighted by atomic mass is 10.7. The molecule has 0 spiro atoms. The maximum Gasteiger partial charge on any atom is 0.501 e. The third kappa shape index (κ3) is 4.95. The van der Waals surface area contributed by atoms with Crippen molar-refractivity contribution in [2.75, 3.05) is 5.75 Å². The van der Waals surface area contributed by atoms with Crippen molar-refractivity contribution < 1.29 is 47.7 Å². The number of sulfone groups is 2.